The first-order valence-electron chi connectivity index (χ1n) is 6.97. The summed E-state index contributed by atoms with van der Waals surface area (Å²) in [5.41, 5.74) is 0.363. The highest BCUT2D eigenvalue weighted by Crippen LogP contribution is 2.41. The van der Waals surface area contributed by atoms with Gasteiger partial charge in [0.1, 0.15) is 5.82 Å². The van der Waals surface area contributed by atoms with Crippen LogP contribution in [0.1, 0.15) is 25.5 Å². The van der Waals surface area contributed by atoms with Crippen molar-refractivity contribution in [3.63, 3.8) is 0 Å². The first-order chi connectivity index (χ1) is 9.47. The van der Waals surface area contributed by atoms with Crippen LogP contribution in [0.4, 0.5) is 4.39 Å². The second-order valence-electron chi connectivity index (χ2n) is 5.98. The molecule has 1 heterocycles. The molecule has 1 aromatic rings. The van der Waals surface area contributed by atoms with Crippen LogP contribution in [-0.2, 0) is 0 Å². The van der Waals surface area contributed by atoms with E-state index in [0.29, 0.717) is 0 Å². The molecule has 0 aliphatic carbocycles. The number of nitrogens with zero attached hydrogens (tertiary/aromatic N) is 1. The van der Waals surface area contributed by atoms with Crippen LogP contribution in [0.15, 0.2) is 18.2 Å². The molecule has 0 aromatic heterocycles. The molecule has 0 saturated carbocycles. The molecule has 0 bridgehead atoms. The van der Waals surface area contributed by atoms with Gasteiger partial charge < -0.3 is 10.4 Å². The van der Waals surface area contributed by atoms with Gasteiger partial charge in [0, 0.05) is 44.2 Å². The van der Waals surface area contributed by atoms with Crippen LogP contribution < -0.4 is 5.32 Å². The summed E-state index contributed by atoms with van der Waals surface area (Å²) in [6.45, 7) is 7.51. The number of aliphatic hydroxyl groups is 1. The van der Waals surface area contributed by atoms with E-state index in [1.54, 1.807) is 6.07 Å². The molecule has 120 valence electrons. The van der Waals surface area contributed by atoms with Gasteiger partial charge in [-0.25, -0.2) is 4.39 Å². The lowest BCUT2D eigenvalue weighted by Crippen LogP contribution is -2.49. The monoisotopic (exact) mass is 336 g/mol. The average Bonchev–Trinajstić information content (AvgIpc) is 2.45. The fourth-order valence-corrected chi connectivity index (χ4v) is 3.10. The maximum atomic E-state index is 13.8. The molecule has 1 atom stereocenters. The summed E-state index contributed by atoms with van der Waals surface area (Å²) >= 11 is 6.17. The first kappa shape index (κ1) is 18.7. The number of hydrogen-bond donors (Lipinski definition) is 2. The average molecular weight is 337 g/mol. The summed E-state index contributed by atoms with van der Waals surface area (Å²) < 4.78 is 13.8. The zero-order chi connectivity index (χ0) is 14.8. The number of aliphatic hydroxyl groups excluding tert-OH is 1. The summed E-state index contributed by atoms with van der Waals surface area (Å²) in [7, 11) is 0. The van der Waals surface area contributed by atoms with Crippen molar-refractivity contribution in [2.45, 2.75) is 19.9 Å². The second-order valence-corrected chi connectivity index (χ2v) is 6.36. The van der Waals surface area contributed by atoms with Crippen molar-refractivity contribution < 1.29 is 9.50 Å². The Hall–Kier alpha value is -0.390. The first-order valence-corrected chi connectivity index (χ1v) is 7.34. The molecule has 0 spiro atoms. The molecule has 1 aliphatic heterocycles. The molecule has 2 N–H and O–H groups in total. The van der Waals surface area contributed by atoms with E-state index in [2.05, 4.69) is 10.2 Å². The van der Waals surface area contributed by atoms with E-state index < -0.39 is 11.2 Å². The van der Waals surface area contributed by atoms with Gasteiger partial charge in [0.05, 0.1) is 5.02 Å². The van der Waals surface area contributed by atoms with Crippen LogP contribution in [0.5, 0.6) is 0 Å². The molecule has 21 heavy (non-hydrogen) atoms. The summed E-state index contributed by atoms with van der Waals surface area (Å²) in [6, 6.07) is 4.80. The highest BCUT2D eigenvalue weighted by atomic mass is 35.5. The van der Waals surface area contributed by atoms with Gasteiger partial charge in [0.15, 0.2) is 0 Å². The van der Waals surface area contributed by atoms with Gasteiger partial charge in [0.2, 0.25) is 0 Å². The number of halogens is 3. The van der Waals surface area contributed by atoms with Gasteiger partial charge in [-0.3, -0.25) is 4.90 Å². The summed E-state index contributed by atoms with van der Waals surface area (Å²) in [6.07, 6.45) is 0. The fourth-order valence-electron chi connectivity index (χ4n) is 2.87. The predicted octanol–water partition coefficient (Wildman–Crippen LogP) is 2.87. The van der Waals surface area contributed by atoms with Gasteiger partial charge >= 0.3 is 0 Å². The lowest BCUT2D eigenvalue weighted by molar-refractivity contribution is 0.0304. The standard InChI is InChI=1S/C15H22ClFN2O.ClH/c1-15(2,10-20)14(19-8-6-18-7-9-19)11-4-3-5-12(17)13(11)16;/h3-5,14,18,20H,6-10H2,1-2H3;1H/t14-;/m0./s1. The predicted molar refractivity (Wildman–Crippen MR) is 86.7 cm³/mol. The number of nitrogens with one attached hydrogen (secondary N) is 1. The topological polar surface area (TPSA) is 35.5 Å². The smallest absolute Gasteiger partial charge is 0.142 e. The maximum absolute atomic E-state index is 13.8. The Morgan fingerprint density at radius 2 is 2.00 bits per heavy atom. The number of benzene rings is 1. The molecule has 2 rings (SSSR count). The summed E-state index contributed by atoms with van der Waals surface area (Å²) in [4.78, 5) is 2.27. The minimum absolute atomic E-state index is 0. The molecule has 0 amide bonds. The van der Waals surface area contributed by atoms with E-state index in [1.807, 2.05) is 19.9 Å². The van der Waals surface area contributed by atoms with Gasteiger partial charge in [-0.1, -0.05) is 37.6 Å². The van der Waals surface area contributed by atoms with Crippen LogP contribution in [0.3, 0.4) is 0 Å². The molecule has 1 aliphatic rings. The zero-order valence-corrected chi connectivity index (χ0v) is 14.0. The molecule has 0 unspecified atom stereocenters. The van der Waals surface area contributed by atoms with Crippen molar-refractivity contribution in [3.8, 4) is 0 Å². The van der Waals surface area contributed by atoms with Gasteiger partial charge in [-0.05, 0) is 11.6 Å². The van der Waals surface area contributed by atoms with Crippen molar-refractivity contribution in [1.29, 1.82) is 0 Å². The molecule has 1 fully saturated rings. The van der Waals surface area contributed by atoms with Crippen LogP contribution in [0, 0.1) is 11.2 Å². The lowest BCUT2D eigenvalue weighted by atomic mass is 9.79. The van der Waals surface area contributed by atoms with Crippen LogP contribution in [0.2, 0.25) is 5.02 Å². The van der Waals surface area contributed by atoms with E-state index in [0.717, 1.165) is 31.7 Å². The third-order valence-corrected chi connectivity index (χ3v) is 4.34. The molecular formula is C15H23Cl2FN2O. The lowest BCUT2D eigenvalue weighted by Gasteiger charge is -2.43. The van der Waals surface area contributed by atoms with E-state index in [1.165, 1.54) is 6.07 Å². The van der Waals surface area contributed by atoms with Crippen molar-refractivity contribution in [2.24, 2.45) is 5.41 Å². The quantitative estimate of drug-likeness (QED) is 0.887. The summed E-state index contributed by atoms with van der Waals surface area (Å²) in [5, 5.41) is 13.2. The Bertz CT molecular complexity index is 465. The Labute approximate surface area is 136 Å². The van der Waals surface area contributed by atoms with E-state index in [9.17, 15) is 9.50 Å². The van der Waals surface area contributed by atoms with E-state index in [4.69, 9.17) is 11.6 Å². The maximum Gasteiger partial charge on any atom is 0.142 e. The molecule has 1 saturated heterocycles. The minimum atomic E-state index is -0.405. The normalized spacial score (nSPS) is 18.1. The van der Waals surface area contributed by atoms with Crippen molar-refractivity contribution in [1.82, 2.24) is 10.2 Å². The van der Waals surface area contributed by atoms with Crippen LogP contribution in [-0.4, -0.2) is 42.8 Å². The van der Waals surface area contributed by atoms with Crippen LogP contribution >= 0.6 is 24.0 Å². The zero-order valence-electron chi connectivity index (χ0n) is 12.4. The van der Waals surface area contributed by atoms with Gasteiger partial charge in [-0.15, -0.1) is 12.4 Å². The molecule has 6 heteroatoms. The third-order valence-electron chi connectivity index (χ3n) is 3.94. The second kappa shape index (κ2) is 7.75. The van der Waals surface area contributed by atoms with Gasteiger partial charge in [0.25, 0.3) is 0 Å². The van der Waals surface area contributed by atoms with E-state index >= 15 is 0 Å². The summed E-state index contributed by atoms with van der Waals surface area (Å²) in [5.74, 6) is -0.405. The fraction of sp³-hybridized carbons (Fsp3) is 0.600. The molecular weight excluding hydrogens is 314 g/mol. The van der Waals surface area contributed by atoms with Crippen molar-refractivity contribution in [2.75, 3.05) is 32.8 Å². The molecule has 3 nitrogen and oxygen atoms in total. The number of hydrogen-bond acceptors (Lipinski definition) is 3. The van der Waals surface area contributed by atoms with E-state index in [-0.39, 0.29) is 30.1 Å². The SMILES string of the molecule is CC(C)(CO)[C@H](c1cccc(F)c1Cl)N1CCNCC1.Cl. The Morgan fingerprint density at radius 3 is 2.57 bits per heavy atom. The Kier molecular flexibility index (Phi) is 6.88. The van der Waals surface area contributed by atoms with Gasteiger partial charge in [-0.2, -0.15) is 0 Å². The largest absolute Gasteiger partial charge is 0.396 e. The van der Waals surface area contributed by atoms with Crippen LogP contribution in [0.25, 0.3) is 0 Å². The Morgan fingerprint density at radius 1 is 1.38 bits per heavy atom. The number of piperazine rings is 1. The number of rotatable bonds is 4. The molecule has 1 aromatic carbocycles. The molecule has 0 radical (unpaired) electrons. The van der Waals surface area contributed by atoms with Crippen molar-refractivity contribution >= 4 is 24.0 Å². The highest BCUT2D eigenvalue weighted by molar-refractivity contribution is 6.31. The highest BCUT2D eigenvalue weighted by Gasteiger charge is 2.37. The minimum Gasteiger partial charge on any atom is -0.396 e. The third kappa shape index (κ3) is 4.08. The Balaban J connectivity index is 0.00000220. The van der Waals surface area contributed by atoms with Crippen molar-refractivity contribution in [3.05, 3.63) is 34.6 Å².